The molecule has 0 aliphatic heterocycles. The summed E-state index contributed by atoms with van der Waals surface area (Å²) >= 11 is 1.77. The zero-order valence-electron chi connectivity index (χ0n) is 12.6. The number of hydrogen-bond acceptors (Lipinski definition) is 4. The lowest BCUT2D eigenvalue weighted by Gasteiger charge is -2.26. The van der Waals surface area contributed by atoms with Gasteiger partial charge in [0.2, 0.25) is 0 Å². The Morgan fingerprint density at radius 3 is 2.65 bits per heavy atom. The maximum absolute atomic E-state index is 9.50. The molecule has 0 amide bonds. The lowest BCUT2D eigenvalue weighted by molar-refractivity contribution is 0.394. The molecule has 2 rings (SSSR count). The SMILES string of the molecule is CCc1nnc(SC2CCCC(C)C2)c(C#N)c1CC. The van der Waals surface area contributed by atoms with Crippen molar-refractivity contribution in [3.8, 4) is 6.07 Å². The molecule has 0 spiro atoms. The van der Waals surface area contributed by atoms with Gasteiger partial charge in [0.05, 0.1) is 11.3 Å². The average molecular weight is 289 g/mol. The largest absolute Gasteiger partial charge is 0.192 e. The zero-order valence-corrected chi connectivity index (χ0v) is 13.5. The van der Waals surface area contributed by atoms with Crippen molar-refractivity contribution in [2.75, 3.05) is 0 Å². The van der Waals surface area contributed by atoms with Crippen LogP contribution in [0.25, 0.3) is 0 Å². The van der Waals surface area contributed by atoms with Crippen LogP contribution in [0.4, 0.5) is 0 Å². The topological polar surface area (TPSA) is 49.6 Å². The van der Waals surface area contributed by atoms with Crippen molar-refractivity contribution in [2.24, 2.45) is 5.92 Å². The fourth-order valence-electron chi connectivity index (χ4n) is 3.00. The average Bonchev–Trinajstić information content (AvgIpc) is 2.46. The van der Waals surface area contributed by atoms with E-state index < -0.39 is 0 Å². The molecule has 1 heterocycles. The molecule has 0 aromatic carbocycles. The summed E-state index contributed by atoms with van der Waals surface area (Å²) in [4.78, 5) is 0. The minimum Gasteiger partial charge on any atom is -0.192 e. The molecule has 108 valence electrons. The Bertz CT molecular complexity index is 507. The van der Waals surface area contributed by atoms with Crippen LogP contribution in [-0.2, 0) is 12.8 Å². The molecule has 1 aromatic rings. The quantitative estimate of drug-likeness (QED) is 0.835. The van der Waals surface area contributed by atoms with Crippen LogP contribution in [0.5, 0.6) is 0 Å². The molecule has 2 atom stereocenters. The Morgan fingerprint density at radius 2 is 2.05 bits per heavy atom. The third kappa shape index (κ3) is 3.32. The number of nitrogens with zero attached hydrogens (tertiary/aromatic N) is 3. The maximum atomic E-state index is 9.50. The zero-order chi connectivity index (χ0) is 14.5. The van der Waals surface area contributed by atoms with Gasteiger partial charge in [-0.15, -0.1) is 5.10 Å². The van der Waals surface area contributed by atoms with Crippen LogP contribution >= 0.6 is 11.8 Å². The minimum absolute atomic E-state index is 0.595. The highest BCUT2D eigenvalue weighted by Gasteiger charge is 2.23. The number of nitriles is 1. The Hall–Kier alpha value is -1.08. The summed E-state index contributed by atoms with van der Waals surface area (Å²) in [5.74, 6) is 0.792. The summed E-state index contributed by atoms with van der Waals surface area (Å²) in [6, 6.07) is 2.37. The number of thioether (sulfide) groups is 1. The first-order chi connectivity index (χ1) is 9.69. The van der Waals surface area contributed by atoms with E-state index in [1.165, 1.54) is 25.7 Å². The van der Waals surface area contributed by atoms with Crippen molar-refractivity contribution in [1.29, 1.82) is 5.26 Å². The fraction of sp³-hybridized carbons (Fsp3) is 0.688. The van der Waals surface area contributed by atoms with Crippen LogP contribution in [0.1, 0.15) is 63.3 Å². The normalized spacial score (nSPS) is 22.5. The molecule has 1 aliphatic carbocycles. The van der Waals surface area contributed by atoms with Crippen LogP contribution in [0.2, 0.25) is 0 Å². The molecule has 0 radical (unpaired) electrons. The van der Waals surface area contributed by atoms with Gasteiger partial charge in [-0.2, -0.15) is 10.4 Å². The van der Waals surface area contributed by atoms with Gasteiger partial charge in [0.1, 0.15) is 11.1 Å². The van der Waals surface area contributed by atoms with Gasteiger partial charge in [-0.05, 0) is 37.2 Å². The monoisotopic (exact) mass is 289 g/mol. The molecule has 3 nitrogen and oxygen atoms in total. The van der Waals surface area contributed by atoms with Crippen LogP contribution < -0.4 is 0 Å². The van der Waals surface area contributed by atoms with Crippen molar-refractivity contribution in [1.82, 2.24) is 10.2 Å². The molecule has 0 saturated heterocycles. The molecule has 1 saturated carbocycles. The number of rotatable bonds is 4. The Morgan fingerprint density at radius 1 is 1.25 bits per heavy atom. The summed E-state index contributed by atoms with van der Waals surface area (Å²) in [5.41, 5.74) is 2.84. The lowest BCUT2D eigenvalue weighted by atomic mass is 9.91. The summed E-state index contributed by atoms with van der Waals surface area (Å²) < 4.78 is 0. The Kier molecular flexibility index (Phi) is 5.42. The highest BCUT2D eigenvalue weighted by molar-refractivity contribution is 7.99. The third-order valence-electron chi connectivity index (χ3n) is 4.09. The molecule has 4 heteroatoms. The molecule has 1 aliphatic rings. The van der Waals surface area contributed by atoms with Gasteiger partial charge in [-0.3, -0.25) is 0 Å². The van der Waals surface area contributed by atoms with Crippen LogP contribution in [-0.4, -0.2) is 15.4 Å². The maximum Gasteiger partial charge on any atom is 0.137 e. The van der Waals surface area contributed by atoms with Crippen molar-refractivity contribution in [2.45, 2.75) is 69.6 Å². The summed E-state index contributed by atoms with van der Waals surface area (Å²) in [5, 5.41) is 19.6. The second kappa shape index (κ2) is 7.08. The number of hydrogen-bond donors (Lipinski definition) is 0. The Balaban J connectivity index is 2.25. The van der Waals surface area contributed by atoms with Gasteiger partial charge in [-0.1, -0.05) is 45.4 Å². The van der Waals surface area contributed by atoms with Crippen molar-refractivity contribution in [3.63, 3.8) is 0 Å². The van der Waals surface area contributed by atoms with Crippen LogP contribution in [0, 0.1) is 17.2 Å². The lowest BCUT2D eigenvalue weighted by Crippen LogP contribution is -2.16. The van der Waals surface area contributed by atoms with Crippen LogP contribution in [0.3, 0.4) is 0 Å². The smallest absolute Gasteiger partial charge is 0.137 e. The fourth-order valence-corrected chi connectivity index (χ4v) is 4.40. The van der Waals surface area contributed by atoms with Crippen molar-refractivity contribution in [3.05, 3.63) is 16.8 Å². The Labute approximate surface area is 126 Å². The van der Waals surface area contributed by atoms with E-state index in [1.807, 2.05) is 0 Å². The number of aromatic nitrogens is 2. The minimum atomic E-state index is 0.595. The van der Waals surface area contributed by atoms with E-state index in [9.17, 15) is 5.26 Å². The molecule has 0 N–H and O–H groups in total. The molecule has 20 heavy (non-hydrogen) atoms. The van der Waals surface area contributed by atoms with Crippen molar-refractivity contribution >= 4 is 11.8 Å². The molecule has 2 unspecified atom stereocenters. The van der Waals surface area contributed by atoms with Crippen molar-refractivity contribution < 1.29 is 0 Å². The van der Waals surface area contributed by atoms with Gasteiger partial charge < -0.3 is 0 Å². The van der Waals surface area contributed by atoms with Crippen LogP contribution in [0.15, 0.2) is 5.03 Å². The second-order valence-electron chi connectivity index (χ2n) is 5.64. The number of aryl methyl sites for hydroxylation is 1. The van der Waals surface area contributed by atoms with Gasteiger partial charge in [0.15, 0.2) is 0 Å². The molecule has 1 fully saturated rings. The molecular formula is C16H23N3S. The van der Waals surface area contributed by atoms with Gasteiger partial charge in [0, 0.05) is 5.25 Å². The van der Waals surface area contributed by atoms with E-state index in [0.29, 0.717) is 5.25 Å². The van der Waals surface area contributed by atoms with E-state index in [0.717, 1.165) is 40.6 Å². The van der Waals surface area contributed by atoms with E-state index in [-0.39, 0.29) is 0 Å². The third-order valence-corrected chi connectivity index (χ3v) is 5.36. The molecule has 0 bridgehead atoms. The van der Waals surface area contributed by atoms with E-state index >= 15 is 0 Å². The summed E-state index contributed by atoms with van der Waals surface area (Å²) in [6.45, 7) is 6.48. The van der Waals surface area contributed by atoms with E-state index in [4.69, 9.17) is 0 Å². The predicted molar refractivity (Wildman–Crippen MR) is 82.8 cm³/mol. The first kappa shape index (κ1) is 15.3. The first-order valence-electron chi connectivity index (χ1n) is 7.64. The van der Waals surface area contributed by atoms with Gasteiger partial charge in [0.25, 0.3) is 0 Å². The van der Waals surface area contributed by atoms with E-state index in [2.05, 4.69) is 37.0 Å². The highest BCUT2D eigenvalue weighted by atomic mass is 32.2. The standard InChI is InChI=1S/C16H23N3S/c1-4-13-14(10-17)16(19-18-15(13)5-2)20-12-8-6-7-11(3)9-12/h11-12H,4-9H2,1-3H3. The predicted octanol–water partition coefficient (Wildman–Crippen LogP) is 4.14. The highest BCUT2D eigenvalue weighted by Crippen LogP contribution is 2.37. The van der Waals surface area contributed by atoms with Gasteiger partial charge >= 0.3 is 0 Å². The molecule has 1 aromatic heterocycles. The summed E-state index contributed by atoms with van der Waals surface area (Å²) in [7, 11) is 0. The molecular weight excluding hydrogens is 266 g/mol. The first-order valence-corrected chi connectivity index (χ1v) is 8.52. The van der Waals surface area contributed by atoms with Gasteiger partial charge in [-0.25, -0.2) is 0 Å². The second-order valence-corrected chi connectivity index (χ2v) is 6.93. The van der Waals surface area contributed by atoms with E-state index in [1.54, 1.807) is 11.8 Å². The summed E-state index contributed by atoms with van der Waals surface area (Å²) in [6.07, 6.45) is 6.80.